The molecule has 1 heterocycles. The van der Waals surface area contributed by atoms with E-state index in [0.717, 1.165) is 12.2 Å². The summed E-state index contributed by atoms with van der Waals surface area (Å²) in [5, 5.41) is 5.24. The van der Waals surface area contributed by atoms with Gasteiger partial charge in [-0.15, -0.1) is 11.3 Å². The first-order valence-corrected chi connectivity index (χ1v) is 6.00. The Balaban J connectivity index is 2.09. The molecule has 0 unspecified atom stereocenters. The van der Waals surface area contributed by atoms with E-state index in [4.69, 9.17) is 11.5 Å². The van der Waals surface area contributed by atoms with Gasteiger partial charge in [0.05, 0.1) is 11.4 Å². The van der Waals surface area contributed by atoms with Crippen LogP contribution < -0.4 is 16.8 Å². The Kier molecular flexibility index (Phi) is 3.30. The van der Waals surface area contributed by atoms with E-state index in [1.807, 2.05) is 17.5 Å². The number of primary amides is 1. The summed E-state index contributed by atoms with van der Waals surface area (Å²) in [5.74, 6) is -0.471. The molecule has 88 valence electrons. The van der Waals surface area contributed by atoms with Crippen molar-refractivity contribution >= 4 is 28.6 Å². The van der Waals surface area contributed by atoms with Crippen molar-refractivity contribution in [2.75, 3.05) is 11.1 Å². The van der Waals surface area contributed by atoms with Crippen LogP contribution in [0.2, 0.25) is 0 Å². The SMILES string of the molecule is NC(=O)c1ccc(NCc2cccs2)c(N)c1. The fourth-order valence-electron chi connectivity index (χ4n) is 1.47. The van der Waals surface area contributed by atoms with Gasteiger partial charge in [-0.05, 0) is 29.6 Å². The third-order valence-electron chi connectivity index (χ3n) is 2.37. The third kappa shape index (κ3) is 2.76. The topological polar surface area (TPSA) is 81.1 Å². The number of nitrogen functional groups attached to an aromatic ring is 1. The molecule has 1 aromatic heterocycles. The second-order valence-corrected chi connectivity index (χ2v) is 4.63. The van der Waals surface area contributed by atoms with Gasteiger partial charge in [0.25, 0.3) is 0 Å². The lowest BCUT2D eigenvalue weighted by Crippen LogP contribution is -2.11. The Morgan fingerprint density at radius 1 is 1.35 bits per heavy atom. The number of carbonyl (C=O) groups excluding carboxylic acids is 1. The minimum atomic E-state index is -0.471. The van der Waals surface area contributed by atoms with Gasteiger partial charge in [-0.2, -0.15) is 0 Å². The van der Waals surface area contributed by atoms with Gasteiger partial charge in [0.2, 0.25) is 5.91 Å². The maximum atomic E-state index is 11.0. The van der Waals surface area contributed by atoms with Crippen LogP contribution in [-0.4, -0.2) is 5.91 Å². The molecule has 1 amide bonds. The molecule has 0 saturated heterocycles. The number of benzene rings is 1. The van der Waals surface area contributed by atoms with Crippen molar-refractivity contribution in [1.82, 2.24) is 0 Å². The van der Waals surface area contributed by atoms with Gasteiger partial charge in [-0.1, -0.05) is 6.07 Å². The molecule has 0 saturated carbocycles. The highest BCUT2D eigenvalue weighted by atomic mass is 32.1. The minimum absolute atomic E-state index is 0.421. The predicted octanol–water partition coefficient (Wildman–Crippen LogP) is 2.04. The summed E-state index contributed by atoms with van der Waals surface area (Å²) < 4.78 is 0. The van der Waals surface area contributed by atoms with E-state index in [0.29, 0.717) is 11.3 Å². The molecule has 5 N–H and O–H groups in total. The van der Waals surface area contributed by atoms with Gasteiger partial charge in [-0.25, -0.2) is 0 Å². The molecule has 0 spiro atoms. The maximum absolute atomic E-state index is 11.0. The average molecular weight is 247 g/mol. The zero-order chi connectivity index (χ0) is 12.3. The summed E-state index contributed by atoms with van der Waals surface area (Å²) in [5.41, 5.74) is 12.8. The Hall–Kier alpha value is -2.01. The summed E-state index contributed by atoms with van der Waals surface area (Å²) in [7, 11) is 0. The summed E-state index contributed by atoms with van der Waals surface area (Å²) >= 11 is 1.68. The smallest absolute Gasteiger partial charge is 0.248 e. The number of amides is 1. The van der Waals surface area contributed by atoms with E-state index in [1.54, 1.807) is 29.5 Å². The molecular formula is C12H13N3OS. The average Bonchev–Trinajstić information content (AvgIpc) is 2.80. The van der Waals surface area contributed by atoms with E-state index in [-0.39, 0.29) is 0 Å². The van der Waals surface area contributed by atoms with Gasteiger partial charge in [0.15, 0.2) is 0 Å². The predicted molar refractivity (Wildman–Crippen MR) is 71.0 cm³/mol. The van der Waals surface area contributed by atoms with Crippen molar-refractivity contribution in [2.24, 2.45) is 5.73 Å². The van der Waals surface area contributed by atoms with Gasteiger partial charge in [0.1, 0.15) is 0 Å². The molecule has 1 aromatic carbocycles. The van der Waals surface area contributed by atoms with E-state index < -0.39 is 5.91 Å². The van der Waals surface area contributed by atoms with Crippen LogP contribution in [0.3, 0.4) is 0 Å². The summed E-state index contributed by atoms with van der Waals surface area (Å²) in [4.78, 5) is 12.2. The number of anilines is 2. The molecule has 0 bridgehead atoms. The Morgan fingerprint density at radius 3 is 2.76 bits per heavy atom. The number of nitrogens with two attached hydrogens (primary N) is 2. The van der Waals surface area contributed by atoms with Crippen LogP contribution in [0.25, 0.3) is 0 Å². The van der Waals surface area contributed by atoms with E-state index in [9.17, 15) is 4.79 Å². The molecule has 2 rings (SSSR count). The van der Waals surface area contributed by atoms with Crippen LogP contribution in [-0.2, 0) is 6.54 Å². The normalized spacial score (nSPS) is 10.1. The molecule has 2 aromatic rings. The van der Waals surface area contributed by atoms with Crippen molar-refractivity contribution in [1.29, 1.82) is 0 Å². The standard InChI is InChI=1S/C12H13N3OS/c13-10-6-8(12(14)16)3-4-11(10)15-7-9-2-1-5-17-9/h1-6,15H,7,13H2,(H2,14,16). The van der Waals surface area contributed by atoms with Crippen LogP contribution in [0, 0.1) is 0 Å². The Bertz CT molecular complexity index is 523. The number of hydrogen-bond donors (Lipinski definition) is 3. The first-order chi connectivity index (χ1) is 8.16. The lowest BCUT2D eigenvalue weighted by molar-refractivity contribution is 0.100. The highest BCUT2D eigenvalue weighted by Crippen LogP contribution is 2.21. The Labute approximate surface area is 103 Å². The molecule has 0 atom stereocenters. The van der Waals surface area contributed by atoms with Crippen molar-refractivity contribution in [2.45, 2.75) is 6.54 Å². The fraction of sp³-hybridized carbons (Fsp3) is 0.0833. The lowest BCUT2D eigenvalue weighted by atomic mass is 10.1. The van der Waals surface area contributed by atoms with Crippen LogP contribution in [0.1, 0.15) is 15.2 Å². The number of thiophene rings is 1. The van der Waals surface area contributed by atoms with Crippen LogP contribution in [0.4, 0.5) is 11.4 Å². The fourth-order valence-corrected chi connectivity index (χ4v) is 2.12. The van der Waals surface area contributed by atoms with E-state index >= 15 is 0 Å². The van der Waals surface area contributed by atoms with Gasteiger partial charge < -0.3 is 16.8 Å². The van der Waals surface area contributed by atoms with E-state index in [2.05, 4.69) is 5.32 Å². The summed E-state index contributed by atoms with van der Waals surface area (Å²) in [6.45, 7) is 0.720. The van der Waals surface area contributed by atoms with Gasteiger partial charge in [0, 0.05) is 17.0 Å². The first-order valence-electron chi connectivity index (χ1n) is 5.12. The highest BCUT2D eigenvalue weighted by molar-refractivity contribution is 7.09. The van der Waals surface area contributed by atoms with Crippen LogP contribution in [0.5, 0.6) is 0 Å². The Morgan fingerprint density at radius 2 is 2.18 bits per heavy atom. The zero-order valence-electron chi connectivity index (χ0n) is 9.14. The highest BCUT2D eigenvalue weighted by Gasteiger charge is 2.04. The quantitative estimate of drug-likeness (QED) is 0.723. The molecule has 17 heavy (non-hydrogen) atoms. The summed E-state index contributed by atoms with van der Waals surface area (Å²) in [6, 6.07) is 9.06. The molecule has 5 heteroatoms. The van der Waals surface area contributed by atoms with Crippen molar-refractivity contribution in [3.8, 4) is 0 Å². The molecule has 0 aliphatic heterocycles. The number of rotatable bonds is 4. The molecule has 0 fully saturated rings. The first kappa shape index (κ1) is 11.5. The third-order valence-corrected chi connectivity index (χ3v) is 3.25. The number of hydrogen-bond acceptors (Lipinski definition) is 4. The van der Waals surface area contributed by atoms with Crippen molar-refractivity contribution in [3.05, 3.63) is 46.2 Å². The molecule has 0 radical (unpaired) electrons. The van der Waals surface area contributed by atoms with Crippen molar-refractivity contribution in [3.63, 3.8) is 0 Å². The van der Waals surface area contributed by atoms with Crippen LogP contribution in [0.15, 0.2) is 35.7 Å². The van der Waals surface area contributed by atoms with Crippen molar-refractivity contribution < 1.29 is 4.79 Å². The molecule has 0 aliphatic rings. The molecule has 0 aliphatic carbocycles. The van der Waals surface area contributed by atoms with Gasteiger partial charge >= 0.3 is 0 Å². The second kappa shape index (κ2) is 4.88. The maximum Gasteiger partial charge on any atom is 0.248 e. The monoisotopic (exact) mass is 247 g/mol. The largest absolute Gasteiger partial charge is 0.397 e. The minimum Gasteiger partial charge on any atom is -0.397 e. The second-order valence-electron chi connectivity index (χ2n) is 3.60. The van der Waals surface area contributed by atoms with Crippen LogP contribution >= 0.6 is 11.3 Å². The number of carbonyl (C=O) groups is 1. The molecule has 4 nitrogen and oxygen atoms in total. The molecular weight excluding hydrogens is 234 g/mol. The summed E-state index contributed by atoms with van der Waals surface area (Å²) in [6.07, 6.45) is 0. The number of nitrogens with one attached hydrogen (secondary N) is 1. The zero-order valence-corrected chi connectivity index (χ0v) is 9.96. The lowest BCUT2D eigenvalue weighted by Gasteiger charge is -2.09. The van der Waals surface area contributed by atoms with E-state index in [1.165, 1.54) is 4.88 Å². The van der Waals surface area contributed by atoms with Gasteiger partial charge in [-0.3, -0.25) is 4.79 Å².